The maximum Gasteiger partial charge on any atom is 0.472 e. The summed E-state index contributed by atoms with van der Waals surface area (Å²) < 4.78 is 67.3. The number of phosphoric ester groups is 2. The average Bonchev–Trinajstić information content (AvgIpc) is 3.36. The van der Waals surface area contributed by atoms with Crippen molar-refractivity contribution >= 4 is 39.5 Å². The standard InChI is InChI=1S/C54H104O17P2/c1-5-9-13-17-21-22-23-24-25-29-33-37-41-54(59)71-50(45-65-52(57)39-35-31-27-19-15-11-7-3)47-69-73(62,63)67-43-48(55)42-66-72(60,61)68-46-49(70-53(58)40-36-32-28-20-16-12-8-4)44-64-51(56)38-34-30-26-18-14-10-6-2/h48-50,55H,5-47H2,1-4H3,(H,60,61)(H,62,63)/t48-,49+,50+/m0/s1. The Balaban J connectivity index is 5.16. The van der Waals surface area contributed by atoms with E-state index in [2.05, 4.69) is 27.7 Å². The zero-order valence-corrected chi connectivity index (χ0v) is 47.9. The molecule has 0 spiro atoms. The van der Waals surface area contributed by atoms with Crippen LogP contribution >= 0.6 is 15.6 Å². The van der Waals surface area contributed by atoms with Gasteiger partial charge in [-0.25, -0.2) is 9.13 Å². The third-order valence-electron chi connectivity index (χ3n) is 12.4. The summed E-state index contributed by atoms with van der Waals surface area (Å²) in [6.07, 6.45) is 31.0. The summed E-state index contributed by atoms with van der Waals surface area (Å²) >= 11 is 0. The molecule has 0 aromatic carbocycles. The Bertz CT molecular complexity index is 1440. The van der Waals surface area contributed by atoms with E-state index in [1.165, 1.54) is 57.8 Å². The van der Waals surface area contributed by atoms with Crippen LogP contribution in [0.15, 0.2) is 0 Å². The van der Waals surface area contributed by atoms with Crippen LogP contribution < -0.4 is 0 Å². The molecule has 0 rings (SSSR count). The van der Waals surface area contributed by atoms with E-state index in [9.17, 15) is 43.2 Å². The molecule has 0 aliphatic carbocycles. The van der Waals surface area contributed by atoms with Crippen LogP contribution in [0.4, 0.5) is 0 Å². The number of rotatable bonds is 55. The minimum absolute atomic E-state index is 0.103. The Morgan fingerprint density at radius 1 is 0.329 bits per heavy atom. The quantitative estimate of drug-likeness (QED) is 0.0222. The molecular weight excluding hydrogens is 983 g/mol. The number of unbranched alkanes of at least 4 members (excludes halogenated alkanes) is 29. The van der Waals surface area contributed by atoms with Crippen molar-refractivity contribution < 1.29 is 80.2 Å². The fraction of sp³-hybridized carbons (Fsp3) is 0.926. The molecule has 0 saturated heterocycles. The Morgan fingerprint density at radius 2 is 0.548 bits per heavy atom. The Labute approximate surface area is 441 Å². The normalized spacial score (nSPS) is 14.5. The highest BCUT2D eigenvalue weighted by atomic mass is 31.2. The average molecular weight is 1090 g/mol. The summed E-state index contributed by atoms with van der Waals surface area (Å²) in [6, 6.07) is 0. The fourth-order valence-corrected chi connectivity index (χ4v) is 9.44. The molecule has 5 atom stereocenters. The molecule has 0 heterocycles. The van der Waals surface area contributed by atoms with Crippen LogP contribution in [-0.4, -0.2) is 96.7 Å². The largest absolute Gasteiger partial charge is 0.472 e. The Morgan fingerprint density at radius 3 is 0.808 bits per heavy atom. The van der Waals surface area contributed by atoms with Crippen LogP contribution in [0.2, 0.25) is 0 Å². The molecule has 0 saturated carbocycles. The highest BCUT2D eigenvalue weighted by molar-refractivity contribution is 7.47. The van der Waals surface area contributed by atoms with Gasteiger partial charge in [0.15, 0.2) is 12.2 Å². The third-order valence-corrected chi connectivity index (χ3v) is 14.3. The van der Waals surface area contributed by atoms with E-state index in [0.29, 0.717) is 25.7 Å². The first-order valence-corrected chi connectivity index (χ1v) is 31.8. The zero-order valence-electron chi connectivity index (χ0n) is 46.1. The molecule has 0 bridgehead atoms. The SMILES string of the molecule is CCCCCCCCCCCCCCC(=O)O[C@H](COC(=O)CCCCCCCCC)COP(=O)(O)OC[C@@H](O)COP(=O)(O)OC[C@@H](COC(=O)CCCCCCCCC)OC(=O)CCCCCCCCC. The lowest BCUT2D eigenvalue weighted by atomic mass is 10.0. The third kappa shape index (κ3) is 49.4. The van der Waals surface area contributed by atoms with Gasteiger partial charge in [0.05, 0.1) is 26.4 Å². The van der Waals surface area contributed by atoms with Crippen molar-refractivity contribution in [2.24, 2.45) is 0 Å². The molecule has 0 fully saturated rings. The van der Waals surface area contributed by atoms with Gasteiger partial charge < -0.3 is 33.8 Å². The minimum atomic E-state index is -4.93. The van der Waals surface area contributed by atoms with Gasteiger partial charge in [0.25, 0.3) is 0 Å². The van der Waals surface area contributed by atoms with Gasteiger partial charge in [0.2, 0.25) is 0 Å². The van der Waals surface area contributed by atoms with Crippen molar-refractivity contribution in [1.29, 1.82) is 0 Å². The van der Waals surface area contributed by atoms with E-state index in [1.54, 1.807) is 0 Å². The van der Waals surface area contributed by atoms with Crippen LogP contribution in [0, 0.1) is 0 Å². The van der Waals surface area contributed by atoms with E-state index < -0.39 is 97.5 Å². The zero-order chi connectivity index (χ0) is 54.1. The van der Waals surface area contributed by atoms with Gasteiger partial charge in [-0.15, -0.1) is 0 Å². The fourth-order valence-electron chi connectivity index (χ4n) is 7.87. The summed E-state index contributed by atoms with van der Waals surface area (Å²) in [5.74, 6) is -2.16. The number of ether oxygens (including phenoxy) is 4. The molecule has 0 aromatic heterocycles. The highest BCUT2D eigenvalue weighted by Crippen LogP contribution is 2.45. The first-order valence-electron chi connectivity index (χ1n) is 28.8. The van der Waals surface area contributed by atoms with Gasteiger partial charge >= 0.3 is 39.5 Å². The van der Waals surface area contributed by atoms with Crippen LogP contribution in [-0.2, 0) is 65.4 Å². The van der Waals surface area contributed by atoms with Crippen LogP contribution in [0.25, 0.3) is 0 Å². The molecular formula is C54H104O17P2. The van der Waals surface area contributed by atoms with E-state index in [0.717, 1.165) is 128 Å². The molecule has 0 amide bonds. The number of phosphoric acid groups is 2. The number of hydrogen-bond acceptors (Lipinski definition) is 15. The molecule has 3 N–H and O–H groups in total. The van der Waals surface area contributed by atoms with Gasteiger partial charge in [-0.1, -0.05) is 214 Å². The molecule has 0 aliphatic rings. The summed E-state index contributed by atoms with van der Waals surface area (Å²) in [7, 11) is -9.85. The molecule has 19 heteroatoms. The number of carbonyl (C=O) groups excluding carboxylic acids is 4. The molecule has 73 heavy (non-hydrogen) atoms. The highest BCUT2D eigenvalue weighted by Gasteiger charge is 2.30. The van der Waals surface area contributed by atoms with Gasteiger partial charge in [0, 0.05) is 25.7 Å². The molecule has 17 nitrogen and oxygen atoms in total. The van der Waals surface area contributed by atoms with Crippen LogP contribution in [0.3, 0.4) is 0 Å². The van der Waals surface area contributed by atoms with Crippen molar-refractivity contribution in [3.05, 3.63) is 0 Å². The maximum absolute atomic E-state index is 12.9. The van der Waals surface area contributed by atoms with Crippen molar-refractivity contribution in [2.45, 2.75) is 284 Å². The topological polar surface area (TPSA) is 237 Å². The van der Waals surface area contributed by atoms with Crippen LogP contribution in [0.1, 0.15) is 265 Å². The summed E-state index contributed by atoms with van der Waals surface area (Å²) in [4.78, 5) is 71.4. The van der Waals surface area contributed by atoms with E-state index in [1.807, 2.05) is 0 Å². The maximum atomic E-state index is 12.9. The van der Waals surface area contributed by atoms with Gasteiger partial charge in [-0.05, 0) is 25.7 Å². The predicted octanol–water partition coefficient (Wildman–Crippen LogP) is 14.0. The van der Waals surface area contributed by atoms with Gasteiger partial charge in [-0.3, -0.25) is 37.3 Å². The van der Waals surface area contributed by atoms with Crippen molar-refractivity contribution in [3.63, 3.8) is 0 Å². The van der Waals surface area contributed by atoms with Crippen LogP contribution in [0.5, 0.6) is 0 Å². The number of hydrogen-bond donors (Lipinski definition) is 3. The molecule has 0 radical (unpaired) electrons. The summed E-state index contributed by atoms with van der Waals surface area (Å²) in [5, 5.41) is 10.4. The summed E-state index contributed by atoms with van der Waals surface area (Å²) in [6.45, 7) is 4.69. The second kappa shape index (κ2) is 49.6. The second-order valence-electron chi connectivity index (χ2n) is 19.6. The second-order valence-corrected chi connectivity index (χ2v) is 22.5. The molecule has 2 unspecified atom stereocenters. The van der Waals surface area contributed by atoms with Gasteiger partial charge in [-0.2, -0.15) is 0 Å². The Kier molecular flexibility index (Phi) is 48.3. The minimum Gasteiger partial charge on any atom is -0.462 e. The van der Waals surface area contributed by atoms with Crippen molar-refractivity contribution in [3.8, 4) is 0 Å². The van der Waals surface area contributed by atoms with Crippen molar-refractivity contribution in [1.82, 2.24) is 0 Å². The van der Waals surface area contributed by atoms with E-state index >= 15 is 0 Å². The first kappa shape index (κ1) is 71.1. The number of carbonyl (C=O) groups is 4. The number of aliphatic hydroxyl groups excluding tert-OH is 1. The van der Waals surface area contributed by atoms with Gasteiger partial charge in [0.1, 0.15) is 19.3 Å². The monoisotopic (exact) mass is 1090 g/mol. The Hall–Kier alpha value is -1.94. The van der Waals surface area contributed by atoms with E-state index in [-0.39, 0.29) is 25.7 Å². The molecule has 0 aromatic rings. The van der Waals surface area contributed by atoms with E-state index in [4.69, 9.17) is 37.0 Å². The lowest BCUT2D eigenvalue weighted by Crippen LogP contribution is -2.30. The molecule has 432 valence electrons. The molecule has 0 aliphatic heterocycles. The summed E-state index contributed by atoms with van der Waals surface area (Å²) in [5.41, 5.74) is 0. The number of aliphatic hydroxyl groups is 1. The van der Waals surface area contributed by atoms with Crippen molar-refractivity contribution in [2.75, 3.05) is 39.6 Å². The first-order chi connectivity index (χ1) is 35.2. The lowest BCUT2D eigenvalue weighted by molar-refractivity contribution is -0.161. The smallest absolute Gasteiger partial charge is 0.462 e. The number of esters is 4. The predicted molar refractivity (Wildman–Crippen MR) is 285 cm³/mol. The lowest BCUT2D eigenvalue weighted by Gasteiger charge is -2.21.